The molecule has 0 unspecified atom stereocenters. The zero-order chi connectivity index (χ0) is 13.3. The van der Waals surface area contributed by atoms with Gasteiger partial charge in [0, 0.05) is 22.0 Å². The Kier molecular flexibility index (Phi) is 3.58. The van der Waals surface area contributed by atoms with Gasteiger partial charge < -0.3 is 5.73 Å². The summed E-state index contributed by atoms with van der Waals surface area (Å²) in [7, 11) is 1.64. The van der Waals surface area contributed by atoms with E-state index in [1.807, 2.05) is 6.07 Å². The summed E-state index contributed by atoms with van der Waals surface area (Å²) in [5, 5.41) is 14.2. The lowest BCUT2D eigenvalue weighted by atomic mass is 10.2. The van der Waals surface area contributed by atoms with Crippen LogP contribution in [0.4, 0.5) is 0 Å². The summed E-state index contributed by atoms with van der Waals surface area (Å²) in [6.45, 7) is 0. The first-order valence-corrected chi connectivity index (χ1v) is 6.53. The van der Waals surface area contributed by atoms with Crippen LogP contribution in [0.3, 0.4) is 0 Å². The van der Waals surface area contributed by atoms with Gasteiger partial charge in [0.1, 0.15) is 5.84 Å². The highest BCUT2D eigenvalue weighted by Crippen LogP contribution is 2.32. The first-order chi connectivity index (χ1) is 8.49. The zero-order valence-electron chi connectivity index (χ0n) is 9.40. The SMILES string of the molecule is Cn1c(Sc2ccc(C(=N)N)cc2Br)n[nH]c1=O. The van der Waals surface area contributed by atoms with Crippen molar-refractivity contribution in [2.75, 3.05) is 0 Å². The molecule has 1 aromatic heterocycles. The Morgan fingerprint density at radius 3 is 2.83 bits per heavy atom. The number of amidine groups is 1. The topological polar surface area (TPSA) is 101 Å². The van der Waals surface area contributed by atoms with Crippen molar-refractivity contribution in [1.29, 1.82) is 5.41 Å². The maximum Gasteiger partial charge on any atom is 0.343 e. The first-order valence-electron chi connectivity index (χ1n) is 4.92. The molecular formula is C10H10BrN5OS. The van der Waals surface area contributed by atoms with E-state index in [4.69, 9.17) is 11.1 Å². The highest BCUT2D eigenvalue weighted by molar-refractivity contribution is 9.10. The summed E-state index contributed by atoms with van der Waals surface area (Å²) in [5.74, 6) is 0.0134. The number of benzene rings is 1. The maximum atomic E-state index is 11.2. The summed E-state index contributed by atoms with van der Waals surface area (Å²) in [6, 6.07) is 5.33. The molecule has 94 valence electrons. The fourth-order valence-corrected chi connectivity index (χ4v) is 2.70. The van der Waals surface area contributed by atoms with E-state index in [-0.39, 0.29) is 11.5 Å². The molecular weight excluding hydrogens is 318 g/mol. The first kappa shape index (κ1) is 12.9. The number of nitrogens with zero attached hydrogens (tertiary/aromatic N) is 2. The van der Waals surface area contributed by atoms with Gasteiger partial charge in [-0.2, -0.15) is 0 Å². The molecule has 0 saturated carbocycles. The number of aromatic nitrogens is 3. The molecule has 18 heavy (non-hydrogen) atoms. The molecule has 4 N–H and O–H groups in total. The number of hydrogen-bond donors (Lipinski definition) is 3. The number of rotatable bonds is 3. The van der Waals surface area contributed by atoms with Crippen molar-refractivity contribution < 1.29 is 0 Å². The number of nitrogens with one attached hydrogen (secondary N) is 2. The molecule has 0 radical (unpaired) electrons. The van der Waals surface area contributed by atoms with E-state index < -0.39 is 0 Å². The zero-order valence-corrected chi connectivity index (χ0v) is 11.8. The quantitative estimate of drug-likeness (QED) is 0.584. The molecule has 0 atom stereocenters. The standard InChI is InChI=1S/C10H10BrN5OS/c1-16-9(17)14-15-10(16)18-7-3-2-5(8(12)13)4-6(7)11/h2-4H,1H3,(H3,12,13)(H,14,17). The van der Waals surface area contributed by atoms with Gasteiger partial charge in [-0.15, -0.1) is 5.10 Å². The van der Waals surface area contributed by atoms with Crippen LogP contribution in [0.1, 0.15) is 5.56 Å². The van der Waals surface area contributed by atoms with Crippen LogP contribution in [0.15, 0.2) is 37.5 Å². The predicted octanol–water partition coefficient (Wildman–Crippen LogP) is 1.31. The van der Waals surface area contributed by atoms with Crippen molar-refractivity contribution in [2.24, 2.45) is 12.8 Å². The fraction of sp³-hybridized carbons (Fsp3) is 0.100. The van der Waals surface area contributed by atoms with Gasteiger partial charge in [-0.25, -0.2) is 9.89 Å². The number of aromatic amines is 1. The molecule has 0 aliphatic heterocycles. The molecule has 8 heteroatoms. The van der Waals surface area contributed by atoms with Gasteiger partial charge in [0.15, 0.2) is 5.16 Å². The molecule has 0 spiro atoms. The van der Waals surface area contributed by atoms with Crippen LogP contribution in [-0.2, 0) is 7.05 Å². The van der Waals surface area contributed by atoms with Gasteiger partial charge in [-0.1, -0.05) is 6.07 Å². The Labute approximate surface area is 115 Å². The predicted molar refractivity (Wildman–Crippen MR) is 73.1 cm³/mol. The molecule has 0 saturated heterocycles. The van der Waals surface area contributed by atoms with E-state index in [0.717, 1.165) is 9.37 Å². The average Bonchev–Trinajstić information content (AvgIpc) is 2.63. The van der Waals surface area contributed by atoms with Gasteiger partial charge in [0.05, 0.1) is 0 Å². The lowest BCUT2D eigenvalue weighted by molar-refractivity contribution is 0.766. The molecule has 0 aliphatic rings. The van der Waals surface area contributed by atoms with Gasteiger partial charge in [-0.05, 0) is 39.8 Å². The van der Waals surface area contributed by atoms with Crippen LogP contribution in [0.5, 0.6) is 0 Å². The van der Waals surface area contributed by atoms with Crippen molar-refractivity contribution in [2.45, 2.75) is 10.1 Å². The molecule has 6 nitrogen and oxygen atoms in total. The van der Waals surface area contributed by atoms with Crippen LogP contribution in [0, 0.1) is 5.41 Å². The van der Waals surface area contributed by atoms with Crippen molar-refractivity contribution in [3.05, 3.63) is 38.7 Å². The van der Waals surface area contributed by atoms with E-state index in [0.29, 0.717) is 10.7 Å². The third kappa shape index (κ3) is 2.49. The van der Waals surface area contributed by atoms with Gasteiger partial charge >= 0.3 is 5.69 Å². The Hall–Kier alpha value is -1.54. The van der Waals surface area contributed by atoms with Crippen LogP contribution >= 0.6 is 27.7 Å². The normalized spacial score (nSPS) is 10.6. The van der Waals surface area contributed by atoms with Crippen molar-refractivity contribution in [3.8, 4) is 0 Å². The van der Waals surface area contributed by atoms with E-state index in [1.54, 1.807) is 19.2 Å². The number of nitrogens with two attached hydrogens (primary N) is 1. The van der Waals surface area contributed by atoms with E-state index >= 15 is 0 Å². The lowest BCUT2D eigenvalue weighted by Crippen LogP contribution is -2.12. The summed E-state index contributed by atoms with van der Waals surface area (Å²) in [5.41, 5.74) is 5.79. The molecule has 0 fully saturated rings. The number of H-pyrrole nitrogens is 1. The smallest absolute Gasteiger partial charge is 0.343 e. The molecule has 2 aromatic rings. The second kappa shape index (κ2) is 4.99. The van der Waals surface area contributed by atoms with Gasteiger partial charge in [-0.3, -0.25) is 9.98 Å². The Morgan fingerprint density at radius 2 is 2.33 bits per heavy atom. The Morgan fingerprint density at radius 1 is 1.61 bits per heavy atom. The third-order valence-electron chi connectivity index (χ3n) is 2.28. The number of hydrogen-bond acceptors (Lipinski definition) is 4. The van der Waals surface area contributed by atoms with Crippen molar-refractivity contribution >= 4 is 33.5 Å². The van der Waals surface area contributed by atoms with E-state index in [9.17, 15) is 4.79 Å². The third-order valence-corrected chi connectivity index (χ3v) is 4.33. The Balaban J connectivity index is 2.33. The van der Waals surface area contributed by atoms with Crippen LogP contribution in [0.2, 0.25) is 0 Å². The number of halogens is 1. The van der Waals surface area contributed by atoms with Crippen molar-refractivity contribution in [3.63, 3.8) is 0 Å². The molecule has 0 amide bonds. The van der Waals surface area contributed by atoms with Gasteiger partial charge in [0.2, 0.25) is 0 Å². The van der Waals surface area contributed by atoms with Crippen LogP contribution in [-0.4, -0.2) is 20.6 Å². The fourth-order valence-electron chi connectivity index (χ4n) is 1.27. The van der Waals surface area contributed by atoms with Crippen LogP contribution in [0.25, 0.3) is 0 Å². The van der Waals surface area contributed by atoms with Crippen molar-refractivity contribution in [1.82, 2.24) is 14.8 Å². The average molecular weight is 328 g/mol. The summed E-state index contributed by atoms with van der Waals surface area (Å²) >= 11 is 4.75. The summed E-state index contributed by atoms with van der Waals surface area (Å²) in [4.78, 5) is 12.1. The second-order valence-electron chi connectivity index (χ2n) is 3.53. The monoisotopic (exact) mass is 327 g/mol. The van der Waals surface area contributed by atoms with E-state index in [1.165, 1.54) is 16.3 Å². The van der Waals surface area contributed by atoms with Gasteiger partial charge in [0.25, 0.3) is 0 Å². The number of nitrogen functional groups attached to an aromatic ring is 1. The maximum absolute atomic E-state index is 11.2. The highest BCUT2D eigenvalue weighted by atomic mass is 79.9. The van der Waals surface area contributed by atoms with Crippen LogP contribution < -0.4 is 11.4 Å². The van der Waals surface area contributed by atoms with E-state index in [2.05, 4.69) is 26.1 Å². The molecule has 0 aliphatic carbocycles. The molecule has 1 heterocycles. The molecule has 0 bridgehead atoms. The molecule has 2 rings (SSSR count). The minimum absolute atomic E-state index is 0.0134. The minimum atomic E-state index is -0.256. The molecule has 1 aromatic carbocycles. The summed E-state index contributed by atoms with van der Waals surface area (Å²) < 4.78 is 2.23. The summed E-state index contributed by atoms with van der Waals surface area (Å²) in [6.07, 6.45) is 0. The largest absolute Gasteiger partial charge is 0.384 e. The second-order valence-corrected chi connectivity index (χ2v) is 5.39. The lowest BCUT2D eigenvalue weighted by Gasteiger charge is -2.05. The Bertz CT molecular complexity index is 663. The highest BCUT2D eigenvalue weighted by Gasteiger charge is 2.10. The minimum Gasteiger partial charge on any atom is -0.384 e.